The van der Waals surface area contributed by atoms with Gasteiger partial charge in [0, 0.05) is 32.6 Å². The number of nitrogens with two attached hydrogens (primary N) is 1. The molecule has 2 heterocycles. The number of hydrogen-bond donors (Lipinski definition) is 1. The lowest BCUT2D eigenvalue weighted by atomic mass is 10.1. The number of unbranched alkanes of at least 4 members (excludes halogenated alkanes) is 1. The van der Waals surface area contributed by atoms with Crippen molar-refractivity contribution in [1.82, 2.24) is 9.88 Å². The highest BCUT2D eigenvalue weighted by Gasteiger charge is 2.28. The van der Waals surface area contributed by atoms with Crippen LogP contribution in [-0.4, -0.2) is 60.1 Å². The third-order valence-electron chi connectivity index (χ3n) is 6.59. The standard InChI is InChI=1S/C30H38N6O3S/c1-6-22-23(20-31)29(40-26(27(32)38)21-12-8-7-9-13-21)34-28(25(22)33-5)36-18-16-35(17-19-36)15-11-10-14-24(37)39-30(2,3)4/h7-9,12-13,26H,6,10-11,14-19H2,1-4H3,(H2,32,38). The molecule has 2 aromatic rings. The Labute approximate surface area is 241 Å². The van der Waals surface area contributed by atoms with Gasteiger partial charge in [-0.1, -0.05) is 49.0 Å². The molecule has 0 aliphatic carbocycles. The number of benzene rings is 1. The van der Waals surface area contributed by atoms with Gasteiger partial charge in [-0.3, -0.25) is 14.5 Å². The summed E-state index contributed by atoms with van der Waals surface area (Å²) in [5.74, 6) is -0.132. The molecule has 0 spiro atoms. The summed E-state index contributed by atoms with van der Waals surface area (Å²) >= 11 is 1.16. The lowest BCUT2D eigenvalue weighted by Gasteiger charge is -2.36. The number of amides is 1. The molecule has 1 aliphatic heterocycles. The second-order valence-corrected chi connectivity index (χ2v) is 11.8. The van der Waals surface area contributed by atoms with E-state index in [1.54, 1.807) is 0 Å². The number of aromatic nitrogens is 1. The molecule has 1 amide bonds. The molecule has 1 aliphatic rings. The normalized spacial score (nSPS) is 14.7. The number of ether oxygens (including phenoxy) is 1. The molecule has 1 atom stereocenters. The monoisotopic (exact) mass is 562 g/mol. The van der Waals surface area contributed by atoms with Gasteiger partial charge >= 0.3 is 5.97 Å². The molecule has 10 heteroatoms. The third-order valence-corrected chi connectivity index (χ3v) is 7.84. The highest BCUT2D eigenvalue weighted by molar-refractivity contribution is 8.00. The van der Waals surface area contributed by atoms with Gasteiger partial charge < -0.3 is 15.4 Å². The first kappa shape index (κ1) is 30.9. The van der Waals surface area contributed by atoms with Gasteiger partial charge in [0.15, 0.2) is 0 Å². The second kappa shape index (κ2) is 14.2. The topological polar surface area (TPSA) is 117 Å². The van der Waals surface area contributed by atoms with Gasteiger partial charge in [0.1, 0.15) is 27.8 Å². The van der Waals surface area contributed by atoms with E-state index >= 15 is 0 Å². The van der Waals surface area contributed by atoms with Gasteiger partial charge in [-0.25, -0.2) is 9.83 Å². The molecule has 1 aromatic carbocycles. The molecular formula is C30H38N6O3S. The quantitative estimate of drug-likeness (QED) is 0.176. The van der Waals surface area contributed by atoms with Crippen molar-refractivity contribution in [3.8, 4) is 6.07 Å². The zero-order chi connectivity index (χ0) is 29.3. The van der Waals surface area contributed by atoms with Crippen molar-refractivity contribution in [2.45, 2.75) is 69.3 Å². The van der Waals surface area contributed by atoms with Crippen LogP contribution in [0.4, 0.5) is 11.5 Å². The average molecular weight is 563 g/mol. The molecule has 0 saturated carbocycles. The van der Waals surface area contributed by atoms with E-state index in [0.29, 0.717) is 53.6 Å². The van der Waals surface area contributed by atoms with Crippen LogP contribution in [0.2, 0.25) is 0 Å². The maximum Gasteiger partial charge on any atom is 0.306 e. The molecule has 0 radical (unpaired) electrons. The van der Waals surface area contributed by atoms with Crippen molar-refractivity contribution in [3.05, 3.63) is 58.4 Å². The van der Waals surface area contributed by atoms with E-state index in [0.717, 1.165) is 49.8 Å². The fourth-order valence-corrected chi connectivity index (χ4v) is 5.74. The maximum atomic E-state index is 12.4. The van der Waals surface area contributed by atoms with E-state index in [9.17, 15) is 14.9 Å². The smallest absolute Gasteiger partial charge is 0.306 e. The highest BCUT2D eigenvalue weighted by atomic mass is 32.2. The zero-order valence-electron chi connectivity index (χ0n) is 23.8. The van der Waals surface area contributed by atoms with Crippen LogP contribution in [0.1, 0.15) is 68.9 Å². The molecular weight excluding hydrogens is 524 g/mol. The number of rotatable bonds is 11. The van der Waals surface area contributed by atoms with Crippen LogP contribution in [0.5, 0.6) is 0 Å². The minimum absolute atomic E-state index is 0.165. The molecule has 40 heavy (non-hydrogen) atoms. The van der Waals surface area contributed by atoms with Crippen molar-refractivity contribution >= 4 is 35.1 Å². The van der Waals surface area contributed by atoms with Crippen molar-refractivity contribution in [2.75, 3.05) is 37.6 Å². The highest BCUT2D eigenvalue weighted by Crippen LogP contribution is 2.42. The van der Waals surface area contributed by atoms with Crippen LogP contribution in [0.3, 0.4) is 0 Å². The van der Waals surface area contributed by atoms with Gasteiger partial charge in [0.05, 0.1) is 12.1 Å². The number of esters is 1. The zero-order valence-corrected chi connectivity index (χ0v) is 24.6. The van der Waals surface area contributed by atoms with E-state index in [1.807, 2.05) is 58.0 Å². The predicted molar refractivity (Wildman–Crippen MR) is 157 cm³/mol. The van der Waals surface area contributed by atoms with Gasteiger partial charge in [0.2, 0.25) is 11.6 Å². The third kappa shape index (κ3) is 8.20. The maximum absolute atomic E-state index is 12.4. The van der Waals surface area contributed by atoms with E-state index in [1.165, 1.54) is 0 Å². The summed E-state index contributed by atoms with van der Waals surface area (Å²) in [7, 11) is 0. The Balaban J connectivity index is 1.74. The van der Waals surface area contributed by atoms with Crippen LogP contribution < -0.4 is 10.6 Å². The number of piperazine rings is 1. The van der Waals surface area contributed by atoms with Crippen molar-refractivity contribution in [2.24, 2.45) is 5.73 Å². The number of hydrogen-bond acceptors (Lipinski definition) is 8. The first-order chi connectivity index (χ1) is 19.1. The molecule has 0 bridgehead atoms. The Bertz CT molecular complexity index is 1270. The minimum atomic E-state index is -0.713. The summed E-state index contributed by atoms with van der Waals surface area (Å²) in [5.41, 5.74) is 7.40. The summed E-state index contributed by atoms with van der Waals surface area (Å²) in [6, 6.07) is 11.4. The average Bonchev–Trinajstić information content (AvgIpc) is 2.92. The van der Waals surface area contributed by atoms with Crippen molar-refractivity contribution in [3.63, 3.8) is 0 Å². The summed E-state index contributed by atoms with van der Waals surface area (Å²) in [5, 5.41) is 9.73. The van der Waals surface area contributed by atoms with Crippen molar-refractivity contribution in [1.29, 1.82) is 5.26 Å². The van der Waals surface area contributed by atoms with Gasteiger partial charge in [0.25, 0.3) is 0 Å². The largest absolute Gasteiger partial charge is 0.460 e. The van der Waals surface area contributed by atoms with Gasteiger partial charge in [-0.05, 0) is 57.7 Å². The summed E-state index contributed by atoms with van der Waals surface area (Å²) in [6.45, 7) is 19.3. The molecule has 1 aromatic heterocycles. The fourth-order valence-electron chi connectivity index (χ4n) is 4.68. The number of pyridine rings is 1. The Morgan fingerprint density at radius 2 is 1.88 bits per heavy atom. The first-order valence-electron chi connectivity index (χ1n) is 13.6. The van der Waals surface area contributed by atoms with Gasteiger partial charge in [-0.15, -0.1) is 0 Å². The lowest BCUT2D eigenvalue weighted by Crippen LogP contribution is -2.47. The van der Waals surface area contributed by atoms with E-state index < -0.39 is 16.8 Å². The molecule has 2 N–H and O–H groups in total. The number of primary amides is 1. The van der Waals surface area contributed by atoms with Crippen LogP contribution in [0.25, 0.3) is 4.85 Å². The number of thioether (sulfide) groups is 1. The molecule has 3 rings (SSSR count). The summed E-state index contributed by atoms with van der Waals surface area (Å²) < 4.78 is 5.38. The Kier molecular flexibility index (Phi) is 10.9. The first-order valence-corrected chi connectivity index (χ1v) is 14.5. The molecule has 1 unspecified atom stereocenters. The SMILES string of the molecule is [C-]#[N+]c1c(N2CCN(CCCCC(=O)OC(C)(C)C)CC2)nc(SC(C(N)=O)c2ccccc2)c(C#N)c1CC. The number of nitriles is 1. The van der Waals surface area contributed by atoms with Crippen LogP contribution in [-0.2, 0) is 20.7 Å². The second-order valence-electron chi connectivity index (χ2n) is 10.7. The molecule has 1 saturated heterocycles. The lowest BCUT2D eigenvalue weighted by molar-refractivity contribution is -0.154. The predicted octanol–water partition coefficient (Wildman–Crippen LogP) is 5.02. The molecule has 1 fully saturated rings. The number of carbonyl (C=O) groups is 2. The fraction of sp³-hybridized carbons (Fsp3) is 0.500. The minimum Gasteiger partial charge on any atom is -0.460 e. The van der Waals surface area contributed by atoms with E-state index in [2.05, 4.69) is 20.7 Å². The Morgan fingerprint density at radius 3 is 2.42 bits per heavy atom. The molecule has 9 nitrogen and oxygen atoms in total. The Morgan fingerprint density at radius 1 is 1.20 bits per heavy atom. The number of anilines is 1. The van der Waals surface area contributed by atoms with Gasteiger partial charge in [-0.2, -0.15) is 5.26 Å². The van der Waals surface area contributed by atoms with Crippen LogP contribution in [0, 0.1) is 17.9 Å². The van der Waals surface area contributed by atoms with Crippen LogP contribution >= 0.6 is 11.8 Å². The van der Waals surface area contributed by atoms with Crippen LogP contribution in [0.15, 0.2) is 35.4 Å². The van der Waals surface area contributed by atoms with Crippen molar-refractivity contribution < 1.29 is 14.3 Å². The summed E-state index contributed by atoms with van der Waals surface area (Å²) in [4.78, 5) is 37.4. The number of nitrogens with zero attached hydrogens (tertiary/aromatic N) is 5. The van der Waals surface area contributed by atoms with E-state index in [-0.39, 0.29) is 5.97 Å². The molecule has 212 valence electrons. The number of carbonyl (C=O) groups excluding carboxylic acids is 2. The van der Waals surface area contributed by atoms with E-state index in [4.69, 9.17) is 22.0 Å². The Hall–Kier alpha value is -3.60. The summed E-state index contributed by atoms with van der Waals surface area (Å²) in [6.07, 6.45) is 2.58.